The number of carbonyl (C=O) groups excluding carboxylic acids is 2. The normalized spacial score (nSPS) is 19.4. The fraction of sp³-hybridized carbons (Fsp3) is 0.615. The van der Waals surface area contributed by atoms with E-state index in [0.717, 1.165) is 17.0 Å². The molecule has 1 heterocycles. The number of hydroxylamine groups is 2. The summed E-state index contributed by atoms with van der Waals surface area (Å²) in [6.45, 7) is 12.0. The highest BCUT2D eigenvalue weighted by Crippen LogP contribution is 2.36. The topological polar surface area (TPSA) is 90.6 Å². The highest BCUT2D eigenvalue weighted by Gasteiger charge is 2.46. The summed E-state index contributed by atoms with van der Waals surface area (Å²) in [5, 5.41) is 19.6. The van der Waals surface area contributed by atoms with E-state index in [0.29, 0.717) is 18.8 Å². The van der Waals surface area contributed by atoms with E-state index < -0.39 is 17.2 Å². The Hall–Kier alpha value is -2.38. The van der Waals surface area contributed by atoms with Crippen molar-refractivity contribution >= 4 is 12.0 Å². The molecule has 1 radical (unpaired) electrons. The Kier molecular flexibility index (Phi) is 9.49. The molecule has 1 fully saturated rings. The van der Waals surface area contributed by atoms with Gasteiger partial charge in [-0.05, 0) is 58.4 Å². The molecular weight excluding hydrogens is 418 g/mol. The molecule has 183 valence electrons. The van der Waals surface area contributed by atoms with Gasteiger partial charge in [-0.3, -0.25) is 4.79 Å². The highest BCUT2D eigenvalue weighted by molar-refractivity contribution is 5.77. The third kappa shape index (κ3) is 8.82. The molecule has 1 aliphatic heterocycles. The van der Waals surface area contributed by atoms with E-state index in [9.17, 15) is 14.8 Å². The molecule has 7 heteroatoms. The maximum atomic E-state index is 12.5. The molecule has 1 atom stereocenters. The standard InChI is InChI=1S/C26H40N3O4/c1-19(2)15-21(28-24(31)33-18-20-11-8-7-9-12-20)13-10-14-23(30)27-22-16-25(3,4)29(32)26(5,6)17-22/h7-13,19,21-22H,14-18H2,1-6H3,(H,27,30)(H,28,31)/b13-10+/t21-/m1/s1. The number of benzene rings is 1. The van der Waals surface area contributed by atoms with Gasteiger partial charge in [0, 0.05) is 23.5 Å². The van der Waals surface area contributed by atoms with Gasteiger partial charge in [-0.25, -0.2) is 4.79 Å². The minimum absolute atomic E-state index is 0.0429. The van der Waals surface area contributed by atoms with E-state index in [2.05, 4.69) is 24.5 Å². The molecule has 1 saturated heterocycles. The number of nitrogens with one attached hydrogen (secondary N) is 2. The number of hydrogen-bond donors (Lipinski definition) is 2. The van der Waals surface area contributed by atoms with Crippen molar-refractivity contribution in [2.24, 2.45) is 5.92 Å². The first kappa shape index (κ1) is 26.9. The molecule has 33 heavy (non-hydrogen) atoms. The van der Waals surface area contributed by atoms with Crippen LogP contribution < -0.4 is 10.6 Å². The number of ether oxygens (including phenoxy) is 1. The third-order valence-corrected chi connectivity index (χ3v) is 5.87. The number of piperidine rings is 1. The Morgan fingerprint density at radius 1 is 1.12 bits per heavy atom. The average Bonchev–Trinajstić information content (AvgIpc) is 2.70. The Morgan fingerprint density at radius 3 is 2.30 bits per heavy atom. The lowest BCUT2D eigenvalue weighted by atomic mass is 9.79. The number of hydrogen-bond acceptors (Lipinski definition) is 4. The summed E-state index contributed by atoms with van der Waals surface area (Å²) in [6, 6.07) is 9.26. The van der Waals surface area contributed by atoms with Gasteiger partial charge in [0.05, 0.1) is 6.04 Å². The number of rotatable bonds is 9. The van der Waals surface area contributed by atoms with Crippen LogP contribution in [-0.4, -0.2) is 40.2 Å². The van der Waals surface area contributed by atoms with Crippen molar-refractivity contribution in [2.75, 3.05) is 0 Å². The summed E-state index contributed by atoms with van der Waals surface area (Å²) in [4.78, 5) is 24.8. The second-order valence-corrected chi connectivity index (χ2v) is 10.7. The van der Waals surface area contributed by atoms with Gasteiger partial charge in [-0.2, -0.15) is 0 Å². The second-order valence-electron chi connectivity index (χ2n) is 10.7. The van der Waals surface area contributed by atoms with Gasteiger partial charge < -0.3 is 15.4 Å². The van der Waals surface area contributed by atoms with Crippen molar-refractivity contribution < 1.29 is 19.5 Å². The van der Waals surface area contributed by atoms with Crippen LogP contribution in [0.25, 0.3) is 0 Å². The van der Waals surface area contributed by atoms with E-state index in [4.69, 9.17) is 4.74 Å². The molecule has 7 nitrogen and oxygen atoms in total. The first-order chi connectivity index (χ1) is 15.4. The fourth-order valence-electron chi connectivity index (χ4n) is 4.60. The number of alkyl carbamates (subject to hydrolysis) is 1. The third-order valence-electron chi connectivity index (χ3n) is 5.87. The molecule has 0 spiro atoms. The fourth-order valence-corrected chi connectivity index (χ4v) is 4.60. The van der Waals surface area contributed by atoms with Crippen LogP contribution in [0.2, 0.25) is 0 Å². The smallest absolute Gasteiger partial charge is 0.407 e. The zero-order valence-corrected chi connectivity index (χ0v) is 20.9. The zero-order chi connectivity index (χ0) is 24.6. The molecular formula is C26H40N3O4. The first-order valence-electron chi connectivity index (χ1n) is 11.8. The van der Waals surface area contributed by atoms with Crippen molar-refractivity contribution in [3.63, 3.8) is 0 Å². The first-order valence-corrected chi connectivity index (χ1v) is 11.8. The van der Waals surface area contributed by atoms with E-state index in [1.807, 2.05) is 64.1 Å². The summed E-state index contributed by atoms with van der Waals surface area (Å²) in [6.07, 6.45) is 5.35. The summed E-state index contributed by atoms with van der Waals surface area (Å²) >= 11 is 0. The van der Waals surface area contributed by atoms with Crippen LogP contribution in [0.15, 0.2) is 42.5 Å². The van der Waals surface area contributed by atoms with Crippen LogP contribution in [0, 0.1) is 5.92 Å². The summed E-state index contributed by atoms with van der Waals surface area (Å²) in [5.74, 6) is 0.279. The van der Waals surface area contributed by atoms with Crippen molar-refractivity contribution in [3.8, 4) is 0 Å². The van der Waals surface area contributed by atoms with Gasteiger partial charge in [0.25, 0.3) is 0 Å². The van der Waals surface area contributed by atoms with Crippen molar-refractivity contribution in [2.45, 2.75) is 97.0 Å². The summed E-state index contributed by atoms with van der Waals surface area (Å²) < 4.78 is 5.32. The van der Waals surface area contributed by atoms with Crippen LogP contribution in [0.3, 0.4) is 0 Å². The minimum Gasteiger partial charge on any atom is -0.445 e. The predicted octanol–water partition coefficient (Wildman–Crippen LogP) is 4.76. The Morgan fingerprint density at radius 2 is 1.73 bits per heavy atom. The number of nitrogens with zero attached hydrogens (tertiary/aromatic N) is 1. The van der Waals surface area contributed by atoms with Crippen LogP contribution in [-0.2, 0) is 21.3 Å². The molecule has 0 saturated carbocycles. The van der Waals surface area contributed by atoms with Gasteiger partial charge in [-0.1, -0.05) is 56.3 Å². The zero-order valence-electron chi connectivity index (χ0n) is 20.9. The molecule has 1 aromatic rings. The van der Waals surface area contributed by atoms with Crippen molar-refractivity contribution in [1.29, 1.82) is 0 Å². The van der Waals surface area contributed by atoms with Gasteiger partial charge in [-0.15, -0.1) is 10.3 Å². The second kappa shape index (κ2) is 11.7. The number of carbonyl (C=O) groups is 2. The molecule has 1 aliphatic rings. The summed E-state index contributed by atoms with van der Waals surface area (Å²) in [7, 11) is 0. The molecule has 2 N–H and O–H groups in total. The van der Waals surface area contributed by atoms with Gasteiger partial charge >= 0.3 is 6.09 Å². The lowest BCUT2D eigenvalue weighted by Gasteiger charge is -2.50. The Bertz CT molecular complexity index is 787. The van der Waals surface area contributed by atoms with Gasteiger partial charge in [0.2, 0.25) is 5.91 Å². The predicted molar refractivity (Wildman–Crippen MR) is 129 cm³/mol. The lowest BCUT2D eigenvalue weighted by molar-refractivity contribution is -0.290. The molecule has 1 aromatic carbocycles. The maximum Gasteiger partial charge on any atom is 0.407 e. The molecule has 0 bridgehead atoms. The van der Waals surface area contributed by atoms with Crippen LogP contribution >= 0.6 is 0 Å². The van der Waals surface area contributed by atoms with Crippen LogP contribution in [0.5, 0.6) is 0 Å². The number of amides is 2. The average molecular weight is 459 g/mol. The van der Waals surface area contributed by atoms with E-state index in [1.165, 1.54) is 0 Å². The van der Waals surface area contributed by atoms with Crippen molar-refractivity contribution in [1.82, 2.24) is 15.7 Å². The van der Waals surface area contributed by atoms with Crippen LogP contribution in [0.1, 0.15) is 72.8 Å². The Labute approximate surface area is 198 Å². The van der Waals surface area contributed by atoms with Gasteiger partial charge in [0.1, 0.15) is 6.61 Å². The van der Waals surface area contributed by atoms with E-state index >= 15 is 0 Å². The van der Waals surface area contributed by atoms with E-state index in [1.54, 1.807) is 6.08 Å². The minimum atomic E-state index is -0.526. The highest BCUT2D eigenvalue weighted by atomic mass is 16.5. The van der Waals surface area contributed by atoms with Crippen LogP contribution in [0.4, 0.5) is 4.79 Å². The van der Waals surface area contributed by atoms with E-state index in [-0.39, 0.29) is 31.0 Å². The molecule has 0 aromatic heterocycles. The molecule has 2 rings (SSSR count). The quantitative estimate of drug-likeness (QED) is 0.522. The monoisotopic (exact) mass is 458 g/mol. The SMILES string of the molecule is CC(C)C[C@@H](/C=C/CC(=O)NC1CC(C)(C)N([O])C(C)(C)C1)NC(=O)OCc1ccccc1. The molecule has 0 unspecified atom stereocenters. The maximum absolute atomic E-state index is 12.5. The van der Waals surface area contributed by atoms with Gasteiger partial charge in [0.15, 0.2) is 0 Å². The Balaban J connectivity index is 1.85. The molecule has 2 amide bonds. The summed E-state index contributed by atoms with van der Waals surface area (Å²) in [5.41, 5.74) is -0.126. The largest absolute Gasteiger partial charge is 0.445 e. The van der Waals surface area contributed by atoms with Crippen molar-refractivity contribution in [3.05, 3.63) is 48.0 Å². The molecule has 0 aliphatic carbocycles. The lowest BCUT2D eigenvalue weighted by Crippen LogP contribution is -2.62.